The second-order valence-electron chi connectivity index (χ2n) is 2.14. The minimum atomic E-state index is 0.708. The van der Waals surface area contributed by atoms with Crippen LogP contribution in [-0.4, -0.2) is 32.5 Å². The van der Waals surface area contributed by atoms with Crippen molar-refractivity contribution >= 4 is 15.9 Å². The van der Waals surface area contributed by atoms with Gasteiger partial charge in [0.05, 0.1) is 0 Å². The van der Waals surface area contributed by atoms with Crippen LogP contribution in [0.15, 0.2) is 0 Å². The molecule has 0 radical (unpaired) electrons. The average molecular weight is 195 g/mol. The van der Waals surface area contributed by atoms with E-state index in [0.717, 1.165) is 18.4 Å². The molecule has 0 unspecified atom stereocenters. The average Bonchev–Trinajstić information content (AvgIpc) is 1.88. The lowest BCUT2D eigenvalue weighted by Crippen LogP contribution is -2.28. The second-order valence-corrected chi connectivity index (χ2v) is 2.78. The molecule has 0 atom stereocenters. The van der Waals surface area contributed by atoms with Crippen LogP contribution in [-0.2, 0) is 0 Å². The summed E-state index contributed by atoms with van der Waals surface area (Å²) in [6.45, 7) is 2.15. The van der Waals surface area contributed by atoms with Crippen molar-refractivity contribution < 1.29 is 0 Å². The van der Waals surface area contributed by atoms with Gasteiger partial charge in [-0.15, -0.1) is 0 Å². The standard InChI is InChI=1S/C6H15BrN2/c1-8-4-6(3-7)5-9-2/h6,8-9H,3-5H2,1-2H3. The van der Waals surface area contributed by atoms with Crippen molar-refractivity contribution in [2.45, 2.75) is 0 Å². The van der Waals surface area contributed by atoms with Gasteiger partial charge < -0.3 is 10.6 Å². The molecular formula is C6H15BrN2. The molecule has 0 amide bonds. The van der Waals surface area contributed by atoms with E-state index in [4.69, 9.17) is 0 Å². The zero-order valence-corrected chi connectivity index (χ0v) is 7.66. The highest BCUT2D eigenvalue weighted by molar-refractivity contribution is 9.09. The van der Waals surface area contributed by atoms with Crippen LogP contribution in [0.25, 0.3) is 0 Å². The molecule has 0 aromatic heterocycles. The monoisotopic (exact) mass is 194 g/mol. The van der Waals surface area contributed by atoms with Gasteiger partial charge in [0.25, 0.3) is 0 Å². The Bertz CT molecular complexity index is 53.0. The quantitative estimate of drug-likeness (QED) is 0.622. The van der Waals surface area contributed by atoms with Crippen LogP contribution in [0.1, 0.15) is 0 Å². The van der Waals surface area contributed by atoms with Gasteiger partial charge in [-0.25, -0.2) is 0 Å². The molecule has 2 nitrogen and oxygen atoms in total. The minimum absolute atomic E-state index is 0.708. The predicted molar refractivity (Wildman–Crippen MR) is 45.1 cm³/mol. The van der Waals surface area contributed by atoms with E-state index < -0.39 is 0 Å². The van der Waals surface area contributed by atoms with Gasteiger partial charge in [-0.2, -0.15) is 0 Å². The van der Waals surface area contributed by atoms with Gasteiger partial charge in [0, 0.05) is 5.33 Å². The van der Waals surface area contributed by atoms with Gasteiger partial charge >= 0.3 is 0 Å². The summed E-state index contributed by atoms with van der Waals surface area (Å²) in [4.78, 5) is 0. The van der Waals surface area contributed by atoms with Crippen LogP contribution in [0.3, 0.4) is 0 Å². The molecule has 9 heavy (non-hydrogen) atoms. The molecule has 3 heteroatoms. The highest BCUT2D eigenvalue weighted by Crippen LogP contribution is 1.96. The number of rotatable bonds is 5. The van der Waals surface area contributed by atoms with Crippen molar-refractivity contribution in [3.05, 3.63) is 0 Å². The van der Waals surface area contributed by atoms with Crippen molar-refractivity contribution in [3.8, 4) is 0 Å². The Labute approximate surface area is 65.5 Å². The minimum Gasteiger partial charge on any atom is -0.319 e. The largest absolute Gasteiger partial charge is 0.319 e. The summed E-state index contributed by atoms with van der Waals surface area (Å²) < 4.78 is 0. The molecule has 0 heterocycles. The van der Waals surface area contributed by atoms with Crippen LogP contribution in [0.5, 0.6) is 0 Å². The fourth-order valence-corrected chi connectivity index (χ4v) is 1.22. The van der Waals surface area contributed by atoms with E-state index in [-0.39, 0.29) is 0 Å². The van der Waals surface area contributed by atoms with Crippen molar-refractivity contribution in [2.75, 3.05) is 32.5 Å². The highest BCUT2D eigenvalue weighted by atomic mass is 79.9. The maximum atomic E-state index is 3.44. The Kier molecular flexibility index (Phi) is 6.81. The number of alkyl halides is 1. The zero-order valence-electron chi connectivity index (χ0n) is 6.08. The summed E-state index contributed by atoms with van der Waals surface area (Å²) in [7, 11) is 3.96. The van der Waals surface area contributed by atoms with E-state index >= 15 is 0 Å². The SMILES string of the molecule is CNCC(CBr)CNC. The lowest BCUT2D eigenvalue weighted by atomic mass is 10.2. The molecule has 0 aromatic carbocycles. The third kappa shape index (κ3) is 4.88. The Morgan fingerprint density at radius 1 is 1.22 bits per heavy atom. The Morgan fingerprint density at radius 2 is 1.67 bits per heavy atom. The first kappa shape index (κ1) is 9.40. The van der Waals surface area contributed by atoms with Crippen LogP contribution >= 0.6 is 15.9 Å². The molecule has 0 bridgehead atoms. The van der Waals surface area contributed by atoms with E-state index in [9.17, 15) is 0 Å². The van der Waals surface area contributed by atoms with Crippen molar-refractivity contribution in [3.63, 3.8) is 0 Å². The van der Waals surface area contributed by atoms with Crippen molar-refractivity contribution in [1.82, 2.24) is 10.6 Å². The Balaban J connectivity index is 3.18. The molecule has 0 spiro atoms. The van der Waals surface area contributed by atoms with Gasteiger partial charge in [-0.3, -0.25) is 0 Å². The lowest BCUT2D eigenvalue weighted by Gasteiger charge is -2.11. The summed E-state index contributed by atoms with van der Waals surface area (Å²) in [5.41, 5.74) is 0. The molecule has 0 saturated heterocycles. The first-order valence-corrected chi connectivity index (χ1v) is 4.32. The number of hydrogen-bond acceptors (Lipinski definition) is 2. The molecular weight excluding hydrogens is 180 g/mol. The highest BCUT2D eigenvalue weighted by Gasteiger charge is 2.02. The third-order valence-corrected chi connectivity index (χ3v) is 2.12. The predicted octanol–water partition coefficient (Wildman–Crippen LogP) is 0.436. The Morgan fingerprint density at radius 3 is 1.89 bits per heavy atom. The van der Waals surface area contributed by atoms with E-state index in [2.05, 4.69) is 26.6 Å². The smallest absolute Gasteiger partial charge is 0.00839 e. The third-order valence-electron chi connectivity index (χ3n) is 1.20. The summed E-state index contributed by atoms with van der Waals surface area (Å²) in [6.07, 6.45) is 0. The molecule has 0 fully saturated rings. The Hall–Kier alpha value is 0.400. The fourth-order valence-electron chi connectivity index (χ4n) is 0.759. The van der Waals surface area contributed by atoms with Crippen LogP contribution in [0.4, 0.5) is 0 Å². The molecule has 0 saturated carbocycles. The van der Waals surface area contributed by atoms with Gasteiger partial charge in [0.15, 0.2) is 0 Å². The van der Waals surface area contributed by atoms with Gasteiger partial charge in [-0.05, 0) is 33.1 Å². The normalized spacial score (nSPS) is 10.7. The van der Waals surface area contributed by atoms with Crippen molar-refractivity contribution in [2.24, 2.45) is 5.92 Å². The lowest BCUT2D eigenvalue weighted by molar-refractivity contribution is 0.526. The first-order valence-electron chi connectivity index (χ1n) is 3.20. The summed E-state index contributed by atoms with van der Waals surface area (Å²) in [5, 5.41) is 7.33. The first-order chi connectivity index (χ1) is 4.35. The molecule has 0 aliphatic rings. The van der Waals surface area contributed by atoms with Gasteiger partial charge in [0.1, 0.15) is 0 Å². The van der Waals surface area contributed by atoms with E-state index in [1.165, 1.54) is 0 Å². The van der Waals surface area contributed by atoms with E-state index in [1.54, 1.807) is 0 Å². The van der Waals surface area contributed by atoms with Crippen molar-refractivity contribution in [1.29, 1.82) is 0 Å². The summed E-state index contributed by atoms with van der Waals surface area (Å²) >= 11 is 3.44. The number of nitrogens with one attached hydrogen (secondary N) is 2. The summed E-state index contributed by atoms with van der Waals surface area (Å²) in [6, 6.07) is 0. The fraction of sp³-hybridized carbons (Fsp3) is 1.00. The summed E-state index contributed by atoms with van der Waals surface area (Å²) in [5.74, 6) is 0.708. The van der Waals surface area contributed by atoms with Crippen LogP contribution in [0.2, 0.25) is 0 Å². The molecule has 0 aliphatic heterocycles. The maximum absolute atomic E-state index is 3.44. The van der Waals surface area contributed by atoms with E-state index in [0.29, 0.717) is 5.92 Å². The van der Waals surface area contributed by atoms with Gasteiger partial charge in [-0.1, -0.05) is 15.9 Å². The molecule has 56 valence electrons. The maximum Gasteiger partial charge on any atom is 0.00839 e. The molecule has 0 aliphatic carbocycles. The van der Waals surface area contributed by atoms with Crippen LogP contribution < -0.4 is 10.6 Å². The molecule has 0 rings (SSSR count). The topological polar surface area (TPSA) is 24.1 Å². The number of halogens is 1. The zero-order chi connectivity index (χ0) is 7.11. The van der Waals surface area contributed by atoms with E-state index in [1.807, 2.05) is 14.1 Å². The van der Waals surface area contributed by atoms with Crippen LogP contribution in [0, 0.1) is 5.92 Å². The number of hydrogen-bond donors (Lipinski definition) is 2. The second kappa shape index (κ2) is 6.52. The molecule has 0 aromatic rings. The molecule has 2 N–H and O–H groups in total. The van der Waals surface area contributed by atoms with Gasteiger partial charge in [0.2, 0.25) is 0 Å².